The van der Waals surface area contributed by atoms with Gasteiger partial charge in [0.2, 0.25) is 0 Å². The van der Waals surface area contributed by atoms with Gasteiger partial charge in [0, 0.05) is 6.20 Å². The van der Waals surface area contributed by atoms with E-state index in [4.69, 9.17) is 11.6 Å². The van der Waals surface area contributed by atoms with Gasteiger partial charge in [0.1, 0.15) is 11.8 Å². The maximum Gasteiger partial charge on any atom is 0.127 e. The topological polar surface area (TPSA) is 54.0 Å². The van der Waals surface area contributed by atoms with Crippen LogP contribution in [0, 0.1) is 5.92 Å². The Morgan fingerprint density at radius 3 is 2.93 bits per heavy atom. The normalized spacial score (nSPS) is 31.6. The van der Waals surface area contributed by atoms with Gasteiger partial charge in [-0.25, -0.2) is 10.9 Å². The standard InChI is InChI=1S/C9H10ClN3O/c10-9-6(5-14)8(12-13-9)7-3-1-2-4-11-7/h1-6,8-9,12-13H. The molecule has 0 radical (unpaired) electrons. The largest absolute Gasteiger partial charge is 0.303 e. The fourth-order valence-electron chi connectivity index (χ4n) is 1.51. The molecule has 2 heterocycles. The number of carbonyl (C=O) groups excluding carboxylic acids is 1. The van der Waals surface area contributed by atoms with E-state index in [1.54, 1.807) is 6.20 Å². The minimum Gasteiger partial charge on any atom is -0.303 e. The van der Waals surface area contributed by atoms with Crippen molar-refractivity contribution in [2.45, 2.75) is 11.5 Å². The molecule has 3 atom stereocenters. The molecule has 1 fully saturated rings. The van der Waals surface area contributed by atoms with Crippen molar-refractivity contribution in [2.75, 3.05) is 0 Å². The molecular formula is C9H10ClN3O. The minimum absolute atomic E-state index is 0.142. The van der Waals surface area contributed by atoms with Gasteiger partial charge >= 0.3 is 0 Å². The Morgan fingerprint density at radius 2 is 2.29 bits per heavy atom. The summed E-state index contributed by atoms with van der Waals surface area (Å²) in [6.45, 7) is 0. The number of rotatable bonds is 2. The maximum atomic E-state index is 10.8. The third-order valence-corrected chi connectivity index (χ3v) is 2.66. The maximum absolute atomic E-state index is 10.8. The van der Waals surface area contributed by atoms with Crippen molar-refractivity contribution < 1.29 is 4.79 Å². The van der Waals surface area contributed by atoms with Gasteiger partial charge in [-0.1, -0.05) is 6.07 Å². The van der Waals surface area contributed by atoms with Gasteiger partial charge in [0.25, 0.3) is 0 Å². The highest BCUT2D eigenvalue weighted by molar-refractivity contribution is 6.21. The molecule has 14 heavy (non-hydrogen) atoms. The second-order valence-corrected chi connectivity index (χ2v) is 3.61. The number of hydrogen-bond acceptors (Lipinski definition) is 4. The fraction of sp³-hybridized carbons (Fsp3) is 0.333. The van der Waals surface area contributed by atoms with E-state index < -0.39 is 0 Å². The molecular weight excluding hydrogens is 202 g/mol. The van der Waals surface area contributed by atoms with Gasteiger partial charge < -0.3 is 4.79 Å². The lowest BCUT2D eigenvalue weighted by molar-refractivity contribution is -0.111. The van der Waals surface area contributed by atoms with Crippen LogP contribution in [0.2, 0.25) is 0 Å². The van der Waals surface area contributed by atoms with Crippen molar-refractivity contribution in [2.24, 2.45) is 5.92 Å². The second kappa shape index (κ2) is 4.04. The molecule has 3 unspecified atom stereocenters. The predicted octanol–water partition coefficient (Wildman–Crippen LogP) is 0.611. The number of alkyl halides is 1. The van der Waals surface area contributed by atoms with E-state index in [1.807, 2.05) is 18.2 Å². The summed E-state index contributed by atoms with van der Waals surface area (Å²) in [5, 5.41) is 0. The first-order chi connectivity index (χ1) is 6.83. The highest BCUT2D eigenvalue weighted by atomic mass is 35.5. The van der Waals surface area contributed by atoms with Gasteiger partial charge in [0.15, 0.2) is 0 Å². The zero-order valence-electron chi connectivity index (χ0n) is 7.35. The van der Waals surface area contributed by atoms with Crippen molar-refractivity contribution in [1.82, 2.24) is 15.8 Å². The third-order valence-electron chi connectivity index (χ3n) is 2.26. The molecule has 5 heteroatoms. The van der Waals surface area contributed by atoms with E-state index in [1.165, 1.54) is 0 Å². The lowest BCUT2D eigenvalue weighted by atomic mass is 10.0. The molecule has 2 N–H and O–H groups in total. The molecule has 1 aromatic rings. The number of pyridine rings is 1. The first-order valence-corrected chi connectivity index (χ1v) is 4.78. The van der Waals surface area contributed by atoms with Gasteiger partial charge in [-0.15, -0.1) is 11.6 Å². The SMILES string of the molecule is O=CC1C(Cl)NNC1c1ccccn1. The van der Waals surface area contributed by atoms with Gasteiger partial charge in [-0.2, -0.15) is 0 Å². The number of halogens is 1. The van der Waals surface area contributed by atoms with Crippen LogP contribution in [0.25, 0.3) is 0 Å². The molecule has 2 rings (SSSR count). The molecule has 1 saturated heterocycles. The Balaban J connectivity index is 2.23. The van der Waals surface area contributed by atoms with Gasteiger partial charge in [-0.3, -0.25) is 4.98 Å². The zero-order valence-corrected chi connectivity index (χ0v) is 8.11. The first kappa shape index (κ1) is 9.58. The Morgan fingerprint density at radius 1 is 1.43 bits per heavy atom. The third kappa shape index (κ3) is 1.64. The number of nitrogens with one attached hydrogen (secondary N) is 2. The van der Waals surface area contributed by atoms with Crippen LogP contribution in [0.5, 0.6) is 0 Å². The lowest BCUT2D eigenvalue weighted by Gasteiger charge is -2.12. The van der Waals surface area contributed by atoms with Crippen LogP contribution < -0.4 is 10.9 Å². The monoisotopic (exact) mass is 211 g/mol. The highest BCUT2D eigenvalue weighted by Crippen LogP contribution is 2.27. The van der Waals surface area contributed by atoms with Crippen LogP contribution in [0.1, 0.15) is 11.7 Å². The Bertz CT molecular complexity index is 319. The quantitative estimate of drug-likeness (QED) is 0.428. The summed E-state index contributed by atoms with van der Waals surface area (Å²) < 4.78 is 0. The van der Waals surface area contributed by atoms with Crippen molar-refractivity contribution in [1.29, 1.82) is 0 Å². The average molecular weight is 212 g/mol. The van der Waals surface area contributed by atoms with E-state index >= 15 is 0 Å². The van der Waals surface area contributed by atoms with Crippen molar-refractivity contribution in [3.63, 3.8) is 0 Å². The number of aromatic nitrogens is 1. The van der Waals surface area contributed by atoms with Crippen molar-refractivity contribution >= 4 is 17.9 Å². The predicted molar refractivity (Wildman–Crippen MR) is 52.4 cm³/mol. The van der Waals surface area contributed by atoms with Crippen LogP contribution in [-0.4, -0.2) is 16.8 Å². The van der Waals surface area contributed by atoms with Crippen molar-refractivity contribution in [3.8, 4) is 0 Å². The Hall–Kier alpha value is -0.970. The Kier molecular flexibility index (Phi) is 2.77. The molecule has 1 aliphatic heterocycles. The van der Waals surface area contributed by atoms with Crippen LogP contribution >= 0.6 is 11.6 Å². The molecule has 0 aliphatic carbocycles. The molecule has 74 valence electrons. The number of aldehydes is 1. The fourth-order valence-corrected chi connectivity index (χ4v) is 1.78. The minimum atomic E-state index is -0.375. The van der Waals surface area contributed by atoms with E-state index in [0.29, 0.717) is 0 Å². The van der Waals surface area contributed by atoms with Gasteiger partial charge in [0.05, 0.1) is 17.7 Å². The highest BCUT2D eigenvalue weighted by Gasteiger charge is 2.35. The summed E-state index contributed by atoms with van der Waals surface area (Å²) in [6.07, 6.45) is 2.55. The van der Waals surface area contributed by atoms with Crippen LogP contribution in [0.15, 0.2) is 24.4 Å². The van der Waals surface area contributed by atoms with Crippen LogP contribution in [0.3, 0.4) is 0 Å². The molecule has 0 amide bonds. The first-order valence-electron chi connectivity index (χ1n) is 4.34. The van der Waals surface area contributed by atoms with E-state index in [-0.39, 0.29) is 17.5 Å². The molecule has 0 bridgehead atoms. The number of hydrazine groups is 1. The number of nitrogens with zero attached hydrogens (tertiary/aromatic N) is 1. The van der Waals surface area contributed by atoms with E-state index in [0.717, 1.165) is 12.0 Å². The molecule has 0 aromatic carbocycles. The summed E-state index contributed by atoms with van der Waals surface area (Å²) in [7, 11) is 0. The lowest BCUT2D eigenvalue weighted by Crippen LogP contribution is -2.28. The van der Waals surface area contributed by atoms with E-state index in [2.05, 4.69) is 15.8 Å². The summed E-state index contributed by atoms with van der Waals surface area (Å²) in [5.74, 6) is -0.286. The summed E-state index contributed by atoms with van der Waals surface area (Å²) in [4.78, 5) is 15.0. The number of carbonyl (C=O) groups is 1. The van der Waals surface area contributed by atoms with Crippen LogP contribution in [-0.2, 0) is 4.79 Å². The van der Waals surface area contributed by atoms with Gasteiger partial charge in [-0.05, 0) is 12.1 Å². The summed E-state index contributed by atoms with van der Waals surface area (Å²) in [5.41, 5.74) is 6.21. The zero-order chi connectivity index (χ0) is 9.97. The summed E-state index contributed by atoms with van der Waals surface area (Å²) in [6, 6.07) is 5.44. The van der Waals surface area contributed by atoms with E-state index in [9.17, 15) is 4.79 Å². The molecule has 1 aromatic heterocycles. The average Bonchev–Trinajstić information content (AvgIpc) is 2.61. The van der Waals surface area contributed by atoms with Crippen molar-refractivity contribution in [3.05, 3.63) is 30.1 Å². The second-order valence-electron chi connectivity index (χ2n) is 3.14. The molecule has 0 spiro atoms. The molecule has 1 aliphatic rings. The molecule has 4 nitrogen and oxygen atoms in total. The summed E-state index contributed by atoms with van der Waals surface area (Å²) >= 11 is 5.89. The smallest absolute Gasteiger partial charge is 0.127 e. The number of hydrogen-bond donors (Lipinski definition) is 2. The van der Waals surface area contributed by atoms with Crippen LogP contribution in [0.4, 0.5) is 0 Å². The molecule has 0 saturated carbocycles. The Labute approximate surface area is 86.6 Å².